The zero-order valence-electron chi connectivity index (χ0n) is 16.3. The largest absolute Gasteiger partial charge is 0.356 e. The first-order chi connectivity index (χ1) is 14.5. The quantitative estimate of drug-likeness (QED) is 0.208. The van der Waals surface area contributed by atoms with Gasteiger partial charge in [-0.05, 0) is 12.8 Å². The first-order valence-electron chi connectivity index (χ1n) is 9.35. The van der Waals surface area contributed by atoms with E-state index in [4.69, 9.17) is 4.55 Å². The maximum atomic E-state index is 11.8. The van der Waals surface area contributed by atoms with Crippen LogP contribution in [0.3, 0.4) is 0 Å². The van der Waals surface area contributed by atoms with E-state index in [1.165, 1.54) is 0 Å². The molecule has 1 unspecified atom stereocenters. The molecule has 31 heavy (non-hydrogen) atoms. The van der Waals surface area contributed by atoms with Gasteiger partial charge in [0.1, 0.15) is 0 Å². The fourth-order valence-electron chi connectivity index (χ4n) is 2.81. The maximum Gasteiger partial charge on any atom is 0.333 e. The summed E-state index contributed by atoms with van der Waals surface area (Å²) in [5.74, 6) is -4.55. The molecule has 170 valence electrons. The Morgan fingerprint density at radius 3 is 2.29 bits per heavy atom. The standard InChI is InChI=1S/C17H21N3O10S/c21-12(7-9-19-13(22)5-6-14(19)23)18-8-3-1-2-4-16(25)30-20-15(24)10-11(17(20)26)31(27,28)29/h5-6,11H,1-4,7-10H2,(H,18,21)(H,27,28,29). The van der Waals surface area contributed by atoms with Gasteiger partial charge in [-0.2, -0.15) is 8.42 Å². The van der Waals surface area contributed by atoms with Crippen LogP contribution in [0.15, 0.2) is 12.2 Å². The smallest absolute Gasteiger partial charge is 0.333 e. The Hall–Kier alpha value is -3.13. The molecule has 2 aliphatic heterocycles. The summed E-state index contributed by atoms with van der Waals surface area (Å²) in [6, 6.07) is 0. The van der Waals surface area contributed by atoms with Crippen LogP contribution in [0.1, 0.15) is 38.5 Å². The molecule has 14 heteroatoms. The van der Waals surface area contributed by atoms with Crippen molar-refractivity contribution in [2.45, 2.75) is 43.8 Å². The molecule has 2 rings (SSSR count). The number of imide groups is 2. The lowest BCUT2D eigenvalue weighted by Crippen LogP contribution is -2.36. The first kappa shape index (κ1) is 24.1. The van der Waals surface area contributed by atoms with Gasteiger partial charge in [0.05, 0.1) is 6.42 Å². The number of hydrogen-bond acceptors (Lipinski definition) is 9. The molecule has 1 saturated heterocycles. The van der Waals surface area contributed by atoms with Crippen LogP contribution < -0.4 is 5.32 Å². The van der Waals surface area contributed by atoms with Crippen molar-refractivity contribution in [3.05, 3.63) is 12.2 Å². The fourth-order valence-corrected chi connectivity index (χ4v) is 3.51. The normalized spacial score (nSPS) is 18.8. The highest BCUT2D eigenvalue weighted by atomic mass is 32.2. The number of carbonyl (C=O) groups excluding carboxylic acids is 6. The third kappa shape index (κ3) is 6.68. The van der Waals surface area contributed by atoms with E-state index in [-0.39, 0.29) is 30.4 Å². The molecule has 0 aromatic rings. The Kier molecular flexibility index (Phi) is 7.99. The SMILES string of the molecule is O=C(CCN1C(=O)C=CC1=O)NCCCCCC(=O)ON1C(=O)CC(S(=O)(=O)O)C1=O. The lowest BCUT2D eigenvalue weighted by molar-refractivity contribution is -0.197. The summed E-state index contributed by atoms with van der Waals surface area (Å²) in [6.07, 6.45) is 2.59. The van der Waals surface area contributed by atoms with Crippen LogP contribution in [0.4, 0.5) is 0 Å². The Morgan fingerprint density at radius 2 is 1.71 bits per heavy atom. The number of hydrogen-bond donors (Lipinski definition) is 2. The van der Waals surface area contributed by atoms with Crippen molar-refractivity contribution < 1.29 is 46.6 Å². The number of carbonyl (C=O) groups is 6. The van der Waals surface area contributed by atoms with E-state index in [0.29, 0.717) is 25.8 Å². The zero-order chi connectivity index (χ0) is 23.2. The van der Waals surface area contributed by atoms with Gasteiger partial charge < -0.3 is 10.2 Å². The minimum absolute atomic E-state index is 0.0191. The maximum absolute atomic E-state index is 11.8. The molecule has 1 atom stereocenters. The van der Waals surface area contributed by atoms with Crippen molar-refractivity contribution in [2.75, 3.05) is 13.1 Å². The minimum Gasteiger partial charge on any atom is -0.356 e. The highest BCUT2D eigenvalue weighted by Gasteiger charge is 2.48. The Labute approximate surface area is 177 Å². The number of hydroxylamine groups is 2. The van der Waals surface area contributed by atoms with Gasteiger partial charge in [-0.3, -0.25) is 33.4 Å². The van der Waals surface area contributed by atoms with Gasteiger partial charge >= 0.3 is 5.97 Å². The van der Waals surface area contributed by atoms with Crippen molar-refractivity contribution >= 4 is 45.6 Å². The predicted molar refractivity (Wildman–Crippen MR) is 99.9 cm³/mol. The third-order valence-corrected chi connectivity index (χ3v) is 5.55. The van der Waals surface area contributed by atoms with E-state index in [1.54, 1.807) is 0 Å². The summed E-state index contributed by atoms with van der Waals surface area (Å²) in [5.41, 5.74) is 0. The van der Waals surface area contributed by atoms with Crippen molar-refractivity contribution in [3.63, 3.8) is 0 Å². The molecule has 0 aromatic heterocycles. The van der Waals surface area contributed by atoms with E-state index in [1.807, 2.05) is 0 Å². The molecule has 0 aliphatic carbocycles. The Bertz CT molecular complexity index is 908. The second-order valence-electron chi connectivity index (χ2n) is 6.77. The van der Waals surface area contributed by atoms with Gasteiger partial charge in [0.15, 0.2) is 5.25 Å². The second kappa shape index (κ2) is 10.3. The first-order valence-corrected chi connectivity index (χ1v) is 10.8. The van der Waals surface area contributed by atoms with Crippen molar-refractivity contribution in [1.29, 1.82) is 0 Å². The number of amides is 5. The lowest BCUT2D eigenvalue weighted by atomic mass is 10.2. The van der Waals surface area contributed by atoms with Gasteiger partial charge in [0, 0.05) is 38.1 Å². The van der Waals surface area contributed by atoms with Crippen LogP contribution in [-0.4, -0.2) is 76.8 Å². The molecule has 1 fully saturated rings. The summed E-state index contributed by atoms with van der Waals surface area (Å²) in [7, 11) is -4.78. The molecule has 5 amide bonds. The van der Waals surface area contributed by atoms with Crippen LogP contribution >= 0.6 is 0 Å². The molecule has 0 bridgehead atoms. The average molecular weight is 459 g/mol. The Morgan fingerprint density at radius 1 is 1.06 bits per heavy atom. The fraction of sp³-hybridized carbons (Fsp3) is 0.529. The van der Waals surface area contributed by atoms with Crippen LogP contribution in [0, 0.1) is 0 Å². The van der Waals surface area contributed by atoms with Gasteiger partial charge in [-0.25, -0.2) is 4.79 Å². The van der Waals surface area contributed by atoms with Crippen molar-refractivity contribution in [1.82, 2.24) is 15.3 Å². The van der Waals surface area contributed by atoms with Crippen molar-refractivity contribution in [3.8, 4) is 0 Å². The van der Waals surface area contributed by atoms with Crippen molar-refractivity contribution in [2.24, 2.45) is 0 Å². The number of unbranched alkanes of at least 4 members (excludes halogenated alkanes) is 2. The number of nitrogens with zero attached hydrogens (tertiary/aromatic N) is 2. The topological polar surface area (TPSA) is 185 Å². The summed E-state index contributed by atoms with van der Waals surface area (Å²) in [6.45, 7) is 0.280. The minimum atomic E-state index is -4.78. The summed E-state index contributed by atoms with van der Waals surface area (Å²) >= 11 is 0. The van der Waals surface area contributed by atoms with Gasteiger partial charge in [-0.15, -0.1) is 5.06 Å². The van der Waals surface area contributed by atoms with E-state index in [2.05, 4.69) is 10.2 Å². The zero-order valence-corrected chi connectivity index (χ0v) is 17.1. The molecule has 2 heterocycles. The van der Waals surface area contributed by atoms with Crippen LogP contribution in [0.2, 0.25) is 0 Å². The number of rotatable bonds is 11. The molecule has 0 aromatic carbocycles. The van der Waals surface area contributed by atoms with Gasteiger partial charge in [0.25, 0.3) is 33.7 Å². The van der Waals surface area contributed by atoms with Gasteiger partial charge in [-0.1, -0.05) is 6.42 Å². The monoisotopic (exact) mass is 459 g/mol. The van der Waals surface area contributed by atoms with E-state index in [0.717, 1.165) is 17.1 Å². The van der Waals surface area contributed by atoms with E-state index < -0.39 is 51.4 Å². The molecule has 13 nitrogen and oxygen atoms in total. The predicted octanol–water partition coefficient (Wildman–Crippen LogP) is -1.55. The van der Waals surface area contributed by atoms with Gasteiger partial charge in [0.2, 0.25) is 5.91 Å². The average Bonchev–Trinajstić information content (AvgIpc) is 3.15. The molecule has 0 radical (unpaired) electrons. The second-order valence-corrected chi connectivity index (χ2v) is 8.37. The molecule has 2 N–H and O–H groups in total. The summed E-state index contributed by atoms with van der Waals surface area (Å²) < 4.78 is 31.0. The molecular weight excluding hydrogens is 438 g/mol. The van der Waals surface area contributed by atoms with Crippen LogP contribution in [0.5, 0.6) is 0 Å². The number of nitrogens with one attached hydrogen (secondary N) is 1. The van der Waals surface area contributed by atoms with Crippen LogP contribution in [-0.2, 0) is 43.7 Å². The van der Waals surface area contributed by atoms with Crippen LogP contribution in [0.25, 0.3) is 0 Å². The highest BCUT2D eigenvalue weighted by Crippen LogP contribution is 2.20. The van der Waals surface area contributed by atoms with E-state index >= 15 is 0 Å². The highest BCUT2D eigenvalue weighted by molar-refractivity contribution is 7.87. The molecule has 0 saturated carbocycles. The molecule has 2 aliphatic rings. The third-order valence-electron chi connectivity index (χ3n) is 4.46. The molecule has 0 spiro atoms. The van der Waals surface area contributed by atoms with E-state index in [9.17, 15) is 37.2 Å². The summed E-state index contributed by atoms with van der Waals surface area (Å²) in [5, 5.41) is 0.681. The lowest BCUT2D eigenvalue weighted by Gasteiger charge is -2.13. The Balaban J connectivity index is 1.57. The molecular formula is C17H21N3O10S. The summed E-state index contributed by atoms with van der Waals surface area (Å²) in [4.78, 5) is 75.1.